The Bertz CT molecular complexity index is 542. The summed E-state index contributed by atoms with van der Waals surface area (Å²) in [7, 11) is 0. The summed E-state index contributed by atoms with van der Waals surface area (Å²) in [5, 5.41) is 22.0. The molecule has 4 nitrogen and oxygen atoms in total. The van der Waals surface area contributed by atoms with Gasteiger partial charge in [0.05, 0.1) is 12.2 Å². The molecule has 2 rings (SSSR count). The monoisotopic (exact) mass is 329 g/mol. The van der Waals surface area contributed by atoms with Gasteiger partial charge in [-0.15, -0.1) is 0 Å². The van der Waals surface area contributed by atoms with Crippen LogP contribution in [0.5, 0.6) is 0 Å². The zero-order valence-electron chi connectivity index (χ0n) is 15.1. The molecule has 1 fully saturated rings. The number of likely N-dealkylation sites (tertiary alicyclic amines) is 1. The second-order valence-electron chi connectivity index (χ2n) is 7.70. The largest absolute Gasteiger partial charge is 0.393 e. The first kappa shape index (κ1) is 18.9. The van der Waals surface area contributed by atoms with Crippen LogP contribution in [0.2, 0.25) is 0 Å². The van der Waals surface area contributed by atoms with Crippen molar-refractivity contribution in [3.05, 3.63) is 35.4 Å². The Labute approximate surface area is 146 Å². The molecule has 0 atom stereocenters. The summed E-state index contributed by atoms with van der Waals surface area (Å²) in [6.07, 6.45) is 3.19. The lowest BCUT2D eigenvalue weighted by atomic mass is 9.88. The van der Waals surface area contributed by atoms with E-state index >= 15 is 0 Å². The molecule has 132 valence electrons. The average molecular weight is 329 g/mol. The zero-order chi connectivity index (χ0) is 17.4. The molecule has 0 aliphatic carbocycles. The van der Waals surface area contributed by atoms with Gasteiger partial charge >= 0.3 is 0 Å². The number of rotatable bonds is 8. The van der Waals surface area contributed by atoms with Crippen molar-refractivity contribution in [1.29, 1.82) is 5.26 Å². The molecule has 2 N–H and O–H groups in total. The van der Waals surface area contributed by atoms with E-state index in [1.165, 1.54) is 11.1 Å². The number of nitrogens with one attached hydrogen (secondary N) is 1. The topological polar surface area (TPSA) is 59.3 Å². The van der Waals surface area contributed by atoms with Crippen LogP contribution in [-0.2, 0) is 13.1 Å². The van der Waals surface area contributed by atoms with Crippen LogP contribution in [0.15, 0.2) is 24.3 Å². The van der Waals surface area contributed by atoms with Gasteiger partial charge in [-0.3, -0.25) is 4.90 Å². The number of nitrogens with zero attached hydrogens (tertiary/aromatic N) is 2. The van der Waals surface area contributed by atoms with Gasteiger partial charge in [0.15, 0.2) is 0 Å². The SMILES string of the molecule is CC(C)(CCC#N)CNCc1ccccc1CN1CCC(O)CC1. The summed E-state index contributed by atoms with van der Waals surface area (Å²) >= 11 is 0. The lowest BCUT2D eigenvalue weighted by molar-refractivity contribution is 0.0791. The van der Waals surface area contributed by atoms with E-state index in [1.807, 2.05) is 0 Å². The summed E-state index contributed by atoms with van der Waals surface area (Å²) in [6.45, 7) is 9.11. The highest BCUT2D eigenvalue weighted by Crippen LogP contribution is 2.21. The highest BCUT2D eigenvalue weighted by Gasteiger charge is 2.19. The van der Waals surface area contributed by atoms with Gasteiger partial charge in [-0.2, -0.15) is 5.26 Å². The van der Waals surface area contributed by atoms with Crippen molar-refractivity contribution < 1.29 is 5.11 Å². The number of nitriles is 1. The van der Waals surface area contributed by atoms with Crippen molar-refractivity contribution in [3.8, 4) is 6.07 Å². The predicted molar refractivity (Wildman–Crippen MR) is 97.3 cm³/mol. The van der Waals surface area contributed by atoms with Crippen molar-refractivity contribution in [2.24, 2.45) is 5.41 Å². The molecule has 1 heterocycles. The minimum atomic E-state index is -0.117. The molecule has 1 aromatic carbocycles. The summed E-state index contributed by atoms with van der Waals surface area (Å²) in [4.78, 5) is 2.43. The number of hydrogen-bond donors (Lipinski definition) is 2. The summed E-state index contributed by atoms with van der Waals surface area (Å²) in [5.41, 5.74) is 2.86. The van der Waals surface area contributed by atoms with Crippen LogP contribution in [-0.4, -0.2) is 35.7 Å². The van der Waals surface area contributed by atoms with E-state index in [0.29, 0.717) is 6.42 Å². The van der Waals surface area contributed by atoms with Crippen LogP contribution in [0.1, 0.15) is 50.7 Å². The van der Waals surface area contributed by atoms with Crippen molar-refractivity contribution in [3.63, 3.8) is 0 Å². The van der Waals surface area contributed by atoms with Crippen molar-refractivity contribution >= 4 is 0 Å². The van der Waals surface area contributed by atoms with Gasteiger partial charge in [0.2, 0.25) is 0 Å². The van der Waals surface area contributed by atoms with E-state index in [1.54, 1.807) is 0 Å². The predicted octanol–water partition coefficient (Wildman–Crippen LogP) is 3.06. The lowest BCUT2D eigenvalue weighted by Crippen LogP contribution is -2.35. The maximum absolute atomic E-state index is 9.64. The minimum Gasteiger partial charge on any atom is -0.393 e. The molecule has 0 bridgehead atoms. The molecular weight excluding hydrogens is 298 g/mol. The quantitative estimate of drug-likeness (QED) is 0.769. The molecule has 0 aromatic heterocycles. The third-order valence-corrected chi connectivity index (χ3v) is 4.90. The second-order valence-corrected chi connectivity index (χ2v) is 7.70. The molecule has 0 spiro atoms. The fraction of sp³-hybridized carbons (Fsp3) is 0.650. The van der Waals surface area contributed by atoms with Gasteiger partial charge in [0.25, 0.3) is 0 Å². The highest BCUT2D eigenvalue weighted by atomic mass is 16.3. The van der Waals surface area contributed by atoms with Gasteiger partial charge in [-0.1, -0.05) is 38.1 Å². The van der Waals surface area contributed by atoms with Gasteiger partial charge < -0.3 is 10.4 Å². The first-order valence-corrected chi connectivity index (χ1v) is 9.05. The summed E-state index contributed by atoms with van der Waals surface area (Å²) in [5.74, 6) is 0. The number of aliphatic hydroxyl groups is 1. The first-order valence-electron chi connectivity index (χ1n) is 9.05. The van der Waals surface area contributed by atoms with Crippen LogP contribution in [0.4, 0.5) is 0 Å². The van der Waals surface area contributed by atoms with E-state index in [2.05, 4.69) is 54.4 Å². The van der Waals surface area contributed by atoms with Crippen molar-refractivity contribution in [2.45, 2.75) is 58.7 Å². The van der Waals surface area contributed by atoms with Crippen LogP contribution in [0.25, 0.3) is 0 Å². The van der Waals surface area contributed by atoms with Crippen LogP contribution in [0, 0.1) is 16.7 Å². The molecule has 1 saturated heterocycles. The first-order chi connectivity index (χ1) is 11.5. The average Bonchev–Trinajstić information content (AvgIpc) is 2.56. The maximum Gasteiger partial charge on any atom is 0.0621 e. The van der Waals surface area contributed by atoms with Gasteiger partial charge in [-0.25, -0.2) is 0 Å². The molecule has 1 aliphatic heterocycles. The Morgan fingerprint density at radius 1 is 1.25 bits per heavy atom. The molecule has 0 saturated carbocycles. The molecule has 1 aromatic rings. The van der Waals surface area contributed by atoms with Crippen LogP contribution < -0.4 is 5.32 Å². The van der Waals surface area contributed by atoms with E-state index in [-0.39, 0.29) is 11.5 Å². The minimum absolute atomic E-state index is 0.117. The second kappa shape index (κ2) is 9.17. The lowest BCUT2D eigenvalue weighted by Gasteiger charge is -2.30. The fourth-order valence-corrected chi connectivity index (χ4v) is 3.22. The Morgan fingerprint density at radius 2 is 1.92 bits per heavy atom. The Kier molecular flexibility index (Phi) is 7.23. The normalized spacial score (nSPS) is 16.9. The third kappa shape index (κ3) is 6.24. The Hall–Kier alpha value is -1.41. The molecular formula is C20H31N3O. The van der Waals surface area contributed by atoms with Crippen molar-refractivity contribution in [1.82, 2.24) is 10.2 Å². The molecule has 24 heavy (non-hydrogen) atoms. The molecule has 1 aliphatic rings. The van der Waals surface area contributed by atoms with Gasteiger partial charge in [0, 0.05) is 39.1 Å². The highest BCUT2D eigenvalue weighted by molar-refractivity contribution is 5.27. The van der Waals surface area contributed by atoms with Gasteiger partial charge in [-0.05, 0) is 35.8 Å². The molecule has 0 radical (unpaired) electrons. The number of benzene rings is 1. The Morgan fingerprint density at radius 3 is 2.58 bits per heavy atom. The standard InChI is InChI=1S/C20H31N3O/c1-20(2,10-5-11-21)16-22-14-17-6-3-4-7-18(17)15-23-12-8-19(24)9-13-23/h3-4,6-7,19,22,24H,5,8-10,12-16H2,1-2H3. The van der Waals surface area contributed by atoms with Gasteiger partial charge in [0.1, 0.15) is 0 Å². The smallest absolute Gasteiger partial charge is 0.0621 e. The van der Waals surface area contributed by atoms with Crippen molar-refractivity contribution in [2.75, 3.05) is 19.6 Å². The summed E-state index contributed by atoms with van der Waals surface area (Å²) < 4.78 is 0. The fourth-order valence-electron chi connectivity index (χ4n) is 3.22. The zero-order valence-corrected chi connectivity index (χ0v) is 15.1. The third-order valence-electron chi connectivity index (χ3n) is 4.90. The molecule has 4 heteroatoms. The van der Waals surface area contributed by atoms with Crippen LogP contribution in [0.3, 0.4) is 0 Å². The van der Waals surface area contributed by atoms with E-state index in [9.17, 15) is 5.11 Å². The van der Waals surface area contributed by atoms with E-state index in [4.69, 9.17) is 5.26 Å². The summed E-state index contributed by atoms with van der Waals surface area (Å²) in [6, 6.07) is 10.9. The Balaban J connectivity index is 1.86. The maximum atomic E-state index is 9.64. The number of hydrogen-bond acceptors (Lipinski definition) is 4. The molecule has 0 amide bonds. The number of piperidine rings is 1. The number of aliphatic hydroxyl groups excluding tert-OH is 1. The van der Waals surface area contributed by atoms with E-state index < -0.39 is 0 Å². The van der Waals surface area contributed by atoms with Crippen LogP contribution >= 0.6 is 0 Å². The van der Waals surface area contributed by atoms with E-state index in [0.717, 1.165) is 52.0 Å². The molecule has 0 unspecified atom stereocenters.